The summed E-state index contributed by atoms with van der Waals surface area (Å²) in [7, 11) is 0. The summed E-state index contributed by atoms with van der Waals surface area (Å²) < 4.78 is 5.41. The molecule has 1 saturated heterocycles. The van der Waals surface area contributed by atoms with Crippen molar-refractivity contribution in [2.24, 2.45) is 0 Å². The Balaban J connectivity index is 1.34. The van der Waals surface area contributed by atoms with E-state index in [-0.39, 0.29) is 11.9 Å². The maximum atomic E-state index is 13.0. The van der Waals surface area contributed by atoms with Crippen LogP contribution >= 0.6 is 11.6 Å². The second kappa shape index (κ2) is 8.64. The summed E-state index contributed by atoms with van der Waals surface area (Å²) in [6.45, 7) is 2.71. The molecule has 8 nitrogen and oxygen atoms in total. The molecule has 3 aromatic rings. The van der Waals surface area contributed by atoms with Crippen molar-refractivity contribution in [3.8, 4) is 11.3 Å². The minimum absolute atomic E-state index is 0.0260. The van der Waals surface area contributed by atoms with Crippen molar-refractivity contribution in [2.75, 3.05) is 25.1 Å². The first kappa shape index (κ1) is 20.0. The first-order chi connectivity index (χ1) is 15.2. The SMILES string of the molecule is O=C1c2cc(-c3nc(NC4CCOCC4)ncc3Cl)ccc2CN1CCc1c[nH]cn1. The summed E-state index contributed by atoms with van der Waals surface area (Å²) in [5.74, 6) is 0.567. The molecule has 1 amide bonds. The number of nitrogens with one attached hydrogen (secondary N) is 2. The van der Waals surface area contributed by atoms with E-state index in [1.165, 1.54) is 0 Å². The van der Waals surface area contributed by atoms with Crippen molar-refractivity contribution in [3.05, 3.63) is 58.8 Å². The fourth-order valence-electron chi connectivity index (χ4n) is 4.03. The van der Waals surface area contributed by atoms with Crippen LogP contribution in [0, 0.1) is 0 Å². The summed E-state index contributed by atoms with van der Waals surface area (Å²) in [6, 6.07) is 6.13. The number of H-pyrrole nitrogens is 1. The monoisotopic (exact) mass is 438 g/mol. The third kappa shape index (κ3) is 4.26. The van der Waals surface area contributed by atoms with E-state index < -0.39 is 0 Å². The van der Waals surface area contributed by atoms with Crippen LogP contribution in [0.25, 0.3) is 11.3 Å². The predicted molar refractivity (Wildman–Crippen MR) is 117 cm³/mol. The lowest BCUT2D eigenvalue weighted by atomic mass is 10.0. The fourth-order valence-corrected chi connectivity index (χ4v) is 4.23. The maximum absolute atomic E-state index is 13.0. The predicted octanol–water partition coefficient (Wildman–Crippen LogP) is 3.31. The number of carbonyl (C=O) groups excluding carboxylic acids is 1. The van der Waals surface area contributed by atoms with Gasteiger partial charge in [0.15, 0.2) is 0 Å². The van der Waals surface area contributed by atoms with Crippen LogP contribution in [0.1, 0.15) is 34.5 Å². The van der Waals surface area contributed by atoms with Gasteiger partial charge < -0.3 is 19.9 Å². The van der Waals surface area contributed by atoms with E-state index in [0.717, 1.165) is 49.3 Å². The summed E-state index contributed by atoms with van der Waals surface area (Å²) in [5.41, 5.74) is 4.09. The molecule has 0 atom stereocenters. The molecular formula is C22H23ClN6O2. The molecule has 4 heterocycles. The molecule has 2 aliphatic heterocycles. The molecule has 2 N–H and O–H groups in total. The zero-order chi connectivity index (χ0) is 21.2. The van der Waals surface area contributed by atoms with Gasteiger partial charge >= 0.3 is 0 Å². The van der Waals surface area contributed by atoms with Gasteiger partial charge in [0.1, 0.15) is 0 Å². The summed E-state index contributed by atoms with van der Waals surface area (Å²) in [5, 5.41) is 3.83. The van der Waals surface area contributed by atoms with E-state index in [9.17, 15) is 4.79 Å². The number of hydrogen-bond acceptors (Lipinski definition) is 6. The lowest BCUT2D eigenvalue weighted by molar-refractivity contribution is 0.0780. The largest absolute Gasteiger partial charge is 0.381 e. The van der Waals surface area contributed by atoms with E-state index in [1.807, 2.05) is 29.3 Å². The second-order valence-corrected chi connectivity index (χ2v) is 8.24. The Morgan fingerprint density at radius 3 is 2.94 bits per heavy atom. The molecule has 2 aliphatic rings. The summed E-state index contributed by atoms with van der Waals surface area (Å²) in [4.78, 5) is 31.0. The summed E-state index contributed by atoms with van der Waals surface area (Å²) in [6.07, 6.45) is 7.67. The summed E-state index contributed by atoms with van der Waals surface area (Å²) >= 11 is 6.42. The molecule has 1 fully saturated rings. The topological polar surface area (TPSA) is 96.0 Å². The Kier molecular flexibility index (Phi) is 5.57. The minimum Gasteiger partial charge on any atom is -0.381 e. The molecule has 31 heavy (non-hydrogen) atoms. The standard InChI is InChI=1S/C22H23ClN6O2/c23-19-11-25-22(27-16-4-7-31-8-5-16)28-20(19)14-1-2-15-12-29(21(30)18(15)9-14)6-3-17-10-24-13-26-17/h1-2,9-11,13,16H,3-8,12H2,(H,24,26)(H,25,27,28). The van der Waals surface area contributed by atoms with Gasteiger partial charge in [-0.15, -0.1) is 0 Å². The quantitative estimate of drug-likeness (QED) is 0.613. The molecule has 9 heteroatoms. The molecule has 0 saturated carbocycles. The molecular weight excluding hydrogens is 416 g/mol. The van der Waals surface area contributed by atoms with Crippen LogP contribution in [0.15, 0.2) is 36.9 Å². The van der Waals surface area contributed by atoms with Crippen LogP contribution in [-0.2, 0) is 17.7 Å². The molecule has 0 unspecified atom stereocenters. The van der Waals surface area contributed by atoms with E-state index in [2.05, 4.69) is 25.3 Å². The smallest absolute Gasteiger partial charge is 0.254 e. The Morgan fingerprint density at radius 2 is 2.13 bits per heavy atom. The van der Waals surface area contributed by atoms with Gasteiger partial charge in [0.25, 0.3) is 5.91 Å². The fraction of sp³-hybridized carbons (Fsp3) is 0.364. The van der Waals surface area contributed by atoms with Crippen LogP contribution in [0.3, 0.4) is 0 Å². The lowest BCUT2D eigenvalue weighted by Gasteiger charge is -2.23. The van der Waals surface area contributed by atoms with Crippen LogP contribution < -0.4 is 5.32 Å². The van der Waals surface area contributed by atoms with Crippen molar-refractivity contribution in [1.82, 2.24) is 24.8 Å². The molecule has 0 radical (unpaired) electrons. The van der Waals surface area contributed by atoms with Gasteiger partial charge in [-0.05, 0) is 24.5 Å². The lowest BCUT2D eigenvalue weighted by Crippen LogP contribution is -2.28. The van der Waals surface area contributed by atoms with Crippen LogP contribution in [-0.4, -0.2) is 56.5 Å². The number of carbonyl (C=O) groups is 1. The highest BCUT2D eigenvalue weighted by atomic mass is 35.5. The number of nitrogens with zero attached hydrogens (tertiary/aromatic N) is 4. The van der Waals surface area contributed by atoms with Crippen molar-refractivity contribution < 1.29 is 9.53 Å². The number of benzene rings is 1. The third-order valence-electron chi connectivity index (χ3n) is 5.75. The zero-order valence-electron chi connectivity index (χ0n) is 17.0. The van der Waals surface area contributed by atoms with Gasteiger partial charge in [0.2, 0.25) is 5.95 Å². The van der Waals surface area contributed by atoms with Gasteiger partial charge in [0, 0.05) is 56.1 Å². The third-order valence-corrected chi connectivity index (χ3v) is 6.03. The van der Waals surface area contributed by atoms with Crippen molar-refractivity contribution in [2.45, 2.75) is 31.8 Å². The molecule has 5 rings (SSSR count). The normalized spacial score (nSPS) is 16.5. The average molecular weight is 439 g/mol. The van der Waals surface area contributed by atoms with Gasteiger partial charge in [-0.2, -0.15) is 0 Å². The molecule has 1 aromatic carbocycles. The first-order valence-electron chi connectivity index (χ1n) is 10.4. The zero-order valence-corrected chi connectivity index (χ0v) is 17.7. The average Bonchev–Trinajstić information content (AvgIpc) is 3.42. The van der Waals surface area contributed by atoms with Gasteiger partial charge in [-0.1, -0.05) is 23.7 Å². The highest BCUT2D eigenvalue weighted by molar-refractivity contribution is 6.33. The number of aromatic nitrogens is 4. The Labute approximate surface area is 185 Å². The number of fused-ring (bicyclic) bond motifs is 1. The number of hydrogen-bond donors (Lipinski definition) is 2. The highest BCUT2D eigenvalue weighted by Crippen LogP contribution is 2.31. The van der Waals surface area contributed by atoms with Gasteiger partial charge in [0.05, 0.1) is 28.9 Å². The number of imidazole rings is 1. The van der Waals surface area contributed by atoms with Crippen LogP contribution in [0.5, 0.6) is 0 Å². The van der Waals surface area contributed by atoms with Crippen molar-refractivity contribution in [3.63, 3.8) is 0 Å². The minimum atomic E-state index is 0.0260. The maximum Gasteiger partial charge on any atom is 0.254 e. The number of anilines is 1. The first-order valence-corrected chi connectivity index (χ1v) is 10.8. The Hall–Kier alpha value is -2.97. The number of aromatic amines is 1. The molecule has 160 valence electrons. The van der Waals surface area contributed by atoms with E-state index in [1.54, 1.807) is 12.5 Å². The number of halogens is 1. The van der Waals surface area contributed by atoms with Gasteiger partial charge in [-0.3, -0.25) is 4.79 Å². The van der Waals surface area contributed by atoms with E-state index in [0.29, 0.717) is 35.3 Å². The number of ether oxygens (including phenoxy) is 1. The van der Waals surface area contributed by atoms with Crippen LogP contribution in [0.2, 0.25) is 5.02 Å². The van der Waals surface area contributed by atoms with Crippen molar-refractivity contribution >= 4 is 23.5 Å². The Bertz CT molecular complexity index is 1080. The number of amides is 1. The molecule has 0 bridgehead atoms. The van der Waals surface area contributed by atoms with E-state index >= 15 is 0 Å². The molecule has 0 spiro atoms. The van der Waals surface area contributed by atoms with Crippen LogP contribution in [0.4, 0.5) is 5.95 Å². The molecule has 0 aliphatic carbocycles. The second-order valence-electron chi connectivity index (χ2n) is 7.83. The van der Waals surface area contributed by atoms with Crippen molar-refractivity contribution in [1.29, 1.82) is 0 Å². The molecule has 2 aromatic heterocycles. The highest BCUT2D eigenvalue weighted by Gasteiger charge is 2.28. The van der Waals surface area contributed by atoms with Gasteiger partial charge in [-0.25, -0.2) is 15.0 Å². The number of rotatable bonds is 6. The van der Waals surface area contributed by atoms with E-state index in [4.69, 9.17) is 16.3 Å². The Morgan fingerprint density at radius 1 is 1.26 bits per heavy atom.